The summed E-state index contributed by atoms with van der Waals surface area (Å²) in [6, 6.07) is 19.7. The third kappa shape index (κ3) is 5.14. The van der Waals surface area contributed by atoms with Gasteiger partial charge >= 0.3 is 0 Å². The third-order valence-electron chi connectivity index (χ3n) is 3.79. The number of carbonyl (C=O) groups is 2. The largest absolute Gasteiger partial charge is 0.465 e. The highest BCUT2D eigenvalue weighted by molar-refractivity contribution is 7.99. The Kier molecular flexibility index (Phi) is 6.70. The molecule has 142 valence electrons. The summed E-state index contributed by atoms with van der Waals surface area (Å²) >= 11 is 1.63. The van der Waals surface area contributed by atoms with Gasteiger partial charge in [0.25, 0.3) is 11.8 Å². The van der Waals surface area contributed by atoms with Crippen LogP contribution in [0, 0.1) is 0 Å². The molecular weight excluding hydrogens is 372 g/mol. The molecule has 0 fully saturated rings. The molecule has 0 spiro atoms. The van der Waals surface area contributed by atoms with Crippen molar-refractivity contribution in [1.82, 2.24) is 5.32 Å². The first-order valence-corrected chi connectivity index (χ1v) is 9.80. The van der Waals surface area contributed by atoms with Gasteiger partial charge in [-0.25, -0.2) is 0 Å². The summed E-state index contributed by atoms with van der Waals surface area (Å²) in [7, 11) is 0. The van der Waals surface area contributed by atoms with Gasteiger partial charge in [0.2, 0.25) is 0 Å². The van der Waals surface area contributed by atoms with E-state index in [0.717, 1.165) is 10.6 Å². The summed E-state index contributed by atoms with van der Waals surface area (Å²) in [4.78, 5) is 26.4. The molecule has 1 heterocycles. The van der Waals surface area contributed by atoms with Crippen LogP contribution in [0.5, 0.6) is 0 Å². The molecule has 0 radical (unpaired) electrons. The molecule has 2 amide bonds. The van der Waals surface area contributed by atoms with E-state index in [-0.39, 0.29) is 11.6 Å². The number of rotatable bonds is 7. The predicted octanol–water partition coefficient (Wildman–Crippen LogP) is 4.80. The maximum Gasteiger partial charge on any atom is 0.272 e. The first-order valence-electron chi connectivity index (χ1n) is 8.82. The van der Waals surface area contributed by atoms with Gasteiger partial charge in [-0.15, -0.1) is 11.8 Å². The number of para-hydroxylation sites is 1. The van der Waals surface area contributed by atoms with E-state index in [1.165, 1.54) is 12.3 Å². The lowest BCUT2D eigenvalue weighted by molar-refractivity contribution is -0.113. The molecule has 28 heavy (non-hydrogen) atoms. The molecule has 6 heteroatoms. The number of furan rings is 1. The summed E-state index contributed by atoms with van der Waals surface area (Å²) in [5, 5.41) is 5.57. The van der Waals surface area contributed by atoms with Gasteiger partial charge in [0.15, 0.2) is 0 Å². The topological polar surface area (TPSA) is 71.3 Å². The third-order valence-corrected chi connectivity index (χ3v) is 4.75. The first kappa shape index (κ1) is 19.5. The van der Waals surface area contributed by atoms with Crippen LogP contribution in [0.2, 0.25) is 0 Å². The summed E-state index contributed by atoms with van der Waals surface area (Å²) in [5.74, 6) is 0.552. The number of hydrogen-bond acceptors (Lipinski definition) is 4. The van der Waals surface area contributed by atoms with Crippen LogP contribution in [0.15, 0.2) is 88.0 Å². The summed E-state index contributed by atoms with van der Waals surface area (Å²) in [6.07, 6.45) is 3.01. The van der Waals surface area contributed by atoms with Gasteiger partial charge in [-0.1, -0.05) is 37.3 Å². The van der Waals surface area contributed by atoms with E-state index < -0.39 is 5.91 Å². The molecule has 0 atom stereocenters. The second-order valence-corrected chi connectivity index (χ2v) is 7.08. The van der Waals surface area contributed by atoms with Crippen LogP contribution in [0.4, 0.5) is 5.69 Å². The fourth-order valence-electron chi connectivity index (χ4n) is 2.50. The maximum absolute atomic E-state index is 12.9. The minimum atomic E-state index is -0.426. The SMILES string of the molecule is CCSc1ccccc1NC(=O)/C(=C/c1ccco1)NC(=O)c1ccccc1. The Morgan fingerprint density at radius 1 is 1.00 bits per heavy atom. The zero-order valence-corrected chi connectivity index (χ0v) is 16.2. The highest BCUT2D eigenvalue weighted by Gasteiger charge is 2.16. The van der Waals surface area contributed by atoms with E-state index in [0.29, 0.717) is 17.0 Å². The predicted molar refractivity (Wildman–Crippen MR) is 112 cm³/mol. The minimum Gasteiger partial charge on any atom is -0.465 e. The van der Waals surface area contributed by atoms with E-state index in [2.05, 4.69) is 10.6 Å². The van der Waals surface area contributed by atoms with Gasteiger partial charge in [-0.3, -0.25) is 9.59 Å². The van der Waals surface area contributed by atoms with Crippen molar-refractivity contribution in [3.8, 4) is 0 Å². The molecule has 2 aromatic carbocycles. The van der Waals surface area contributed by atoms with Crippen molar-refractivity contribution in [2.45, 2.75) is 11.8 Å². The van der Waals surface area contributed by atoms with E-state index in [9.17, 15) is 9.59 Å². The highest BCUT2D eigenvalue weighted by atomic mass is 32.2. The molecule has 0 saturated heterocycles. The molecule has 0 saturated carbocycles. The fraction of sp³-hybridized carbons (Fsp3) is 0.0909. The first-order chi connectivity index (χ1) is 13.7. The van der Waals surface area contributed by atoms with Gasteiger partial charge in [0.05, 0.1) is 12.0 Å². The zero-order chi connectivity index (χ0) is 19.8. The Balaban J connectivity index is 1.85. The number of benzene rings is 2. The zero-order valence-electron chi connectivity index (χ0n) is 15.3. The molecule has 3 rings (SSSR count). The lowest BCUT2D eigenvalue weighted by Crippen LogP contribution is -2.30. The maximum atomic E-state index is 12.9. The standard InChI is InChI=1S/C22H20N2O3S/c1-2-28-20-13-7-6-12-18(20)23-22(26)19(15-17-11-8-14-27-17)24-21(25)16-9-4-3-5-10-16/h3-15H,2H2,1H3,(H,23,26)(H,24,25)/b19-15-. The van der Waals surface area contributed by atoms with Gasteiger partial charge in [0.1, 0.15) is 11.5 Å². The molecule has 0 aliphatic rings. The summed E-state index contributed by atoms with van der Waals surface area (Å²) in [6.45, 7) is 2.05. The fourth-order valence-corrected chi connectivity index (χ4v) is 3.26. The molecule has 1 aromatic heterocycles. The molecule has 0 bridgehead atoms. The molecule has 0 aliphatic heterocycles. The van der Waals surface area contributed by atoms with Crippen molar-refractivity contribution in [2.75, 3.05) is 11.1 Å². The second kappa shape index (κ2) is 9.62. The number of nitrogens with one attached hydrogen (secondary N) is 2. The van der Waals surface area contributed by atoms with E-state index in [4.69, 9.17) is 4.42 Å². The summed E-state index contributed by atoms with van der Waals surface area (Å²) < 4.78 is 5.30. The Labute approximate surface area is 167 Å². The monoisotopic (exact) mass is 392 g/mol. The van der Waals surface area contributed by atoms with E-state index in [1.807, 2.05) is 37.3 Å². The van der Waals surface area contributed by atoms with Crippen molar-refractivity contribution >= 4 is 35.3 Å². The average Bonchev–Trinajstić information content (AvgIpc) is 3.23. The van der Waals surface area contributed by atoms with Crippen molar-refractivity contribution < 1.29 is 14.0 Å². The van der Waals surface area contributed by atoms with Crippen LogP contribution >= 0.6 is 11.8 Å². The van der Waals surface area contributed by atoms with Crippen molar-refractivity contribution in [3.63, 3.8) is 0 Å². The highest BCUT2D eigenvalue weighted by Crippen LogP contribution is 2.27. The minimum absolute atomic E-state index is 0.0973. The van der Waals surface area contributed by atoms with Gasteiger partial charge in [-0.2, -0.15) is 0 Å². The molecule has 0 aliphatic carbocycles. The molecule has 5 nitrogen and oxygen atoms in total. The van der Waals surface area contributed by atoms with Crippen LogP contribution in [0.25, 0.3) is 6.08 Å². The van der Waals surface area contributed by atoms with Crippen LogP contribution in [-0.4, -0.2) is 17.6 Å². The van der Waals surface area contributed by atoms with Crippen molar-refractivity contribution in [1.29, 1.82) is 0 Å². The molecular formula is C22H20N2O3S. The number of amides is 2. The Bertz CT molecular complexity index is 966. The normalized spacial score (nSPS) is 11.1. The Morgan fingerprint density at radius 3 is 2.46 bits per heavy atom. The van der Waals surface area contributed by atoms with Crippen LogP contribution in [0.3, 0.4) is 0 Å². The van der Waals surface area contributed by atoms with Gasteiger partial charge < -0.3 is 15.1 Å². The quantitative estimate of drug-likeness (QED) is 0.447. The Morgan fingerprint density at radius 2 is 1.75 bits per heavy atom. The van der Waals surface area contributed by atoms with E-state index in [1.54, 1.807) is 48.2 Å². The second-order valence-electron chi connectivity index (χ2n) is 5.78. The average molecular weight is 392 g/mol. The molecule has 0 unspecified atom stereocenters. The van der Waals surface area contributed by atoms with Gasteiger partial charge in [-0.05, 0) is 42.2 Å². The van der Waals surface area contributed by atoms with Gasteiger partial charge in [0, 0.05) is 16.5 Å². The number of thioether (sulfide) groups is 1. The summed E-state index contributed by atoms with van der Waals surface area (Å²) in [5.41, 5.74) is 1.25. The molecule has 2 N–H and O–H groups in total. The van der Waals surface area contributed by atoms with Crippen LogP contribution in [0.1, 0.15) is 23.0 Å². The Hall–Kier alpha value is -3.25. The van der Waals surface area contributed by atoms with Crippen molar-refractivity contribution in [3.05, 3.63) is 90.0 Å². The van der Waals surface area contributed by atoms with Crippen LogP contribution in [-0.2, 0) is 4.79 Å². The van der Waals surface area contributed by atoms with Crippen LogP contribution < -0.4 is 10.6 Å². The smallest absolute Gasteiger partial charge is 0.272 e. The lowest BCUT2D eigenvalue weighted by Gasteiger charge is -2.13. The lowest BCUT2D eigenvalue weighted by atomic mass is 10.2. The number of anilines is 1. The van der Waals surface area contributed by atoms with E-state index >= 15 is 0 Å². The van der Waals surface area contributed by atoms with Crippen molar-refractivity contribution in [2.24, 2.45) is 0 Å². The number of carbonyl (C=O) groups excluding carboxylic acids is 2. The molecule has 3 aromatic rings. The number of hydrogen-bond donors (Lipinski definition) is 2.